The van der Waals surface area contributed by atoms with Gasteiger partial charge in [0.1, 0.15) is 5.75 Å². The summed E-state index contributed by atoms with van der Waals surface area (Å²) in [6, 6.07) is 21.6. The summed E-state index contributed by atoms with van der Waals surface area (Å²) >= 11 is 0. The third-order valence-electron chi connectivity index (χ3n) is 4.55. The monoisotopic (exact) mass is 416 g/mol. The maximum absolute atomic E-state index is 5.50. The van der Waals surface area contributed by atoms with E-state index in [0.717, 1.165) is 39.5 Å². The summed E-state index contributed by atoms with van der Waals surface area (Å²) in [5.74, 6) is 1.96. The summed E-state index contributed by atoms with van der Waals surface area (Å²) in [4.78, 5) is 0. The third kappa shape index (κ3) is 3.10. The first-order valence-corrected chi connectivity index (χ1v) is 8.24. The largest absolute Gasteiger partial charge is 0.497 e. The second-order valence-corrected chi connectivity index (χ2v) is 6.06. The number of pyridine rings is 1. The second-order valence-electron chi connectivity index (χ2n) is 6.06. The number of aryl methyl sites for hydroxylation is 1. The van der Waals surface area contributed by atoms with E-state index in [1.165, 1.54) is 0 Å². The standard InChI is InChI=1S/C22H19N2O.Y/c1-16-20(12-7-13-21(16)25-3)24-15-19(17-9-5-4-6-10-17)18-11-8-14-23(2)22(18)24;/h4-9,11-14H,1-3H3;/q-1;. The summed E-state index contributed by atoms with van der Waals surface area (Å²) in [5.41, 5.74) is 5.39. The van der Waals surface area contributed by atoms with Crippen molar-refractivity contribution >= 4 is 0 Å². The Morgan fingerprint density at radius 2 is 1.88 bits per heavy atom. The van der Waals surface area contributed by atoms with Gasteiger partial charge in [-0.3, -0.25) is 4.57 Å². The van der Waals surface area contributed by atoms with Gasteiger partial charge in [-0.1, -0.05) is 17.7 Å². The minimum Gasteiger partial charge on any atom is -0.497 e. The first-order chi connectivity index (χ1) is 12.2. The molecule has 0 saturated carbocycles. The van der Waals surface area contributed by atoms with Gasteiger partial charge in [-0.25, -0.2) is 5.56 Å². The van der Waals surface area contributed by atoms with Crippen LogP contribution in [-0.2, 0) is 39.8 Å². The molecule has 2 aliphatic heterocycles. The zero-order valence-corrected chi connectivity index (χ0v) is 18.0. The molecule has 0 unspecified atom stereocenters. The van der Waals surface area contributed by atoms with Gasteiger partial charge in [0.15, 0.2) is 5.82 Å². The first kappa shape index (κ1) is 18.8. The van der Waals surface area contributed by atoms with Crippen molar-refractivity contribution in [1.29, 1.82) is 0 Å². The van der Waals surface area contributed by atoms with Crippen LogP contribution in [0.2, 0.25) is 0 Å². The van der Waals surface area contributed by atoms with Crippen molar-refractivity contribution in [2.24, 2.45) is 7.05 Å². The molecular weight excluding hydrogens is 397 g/mol. The molecular formula is C22H19N2OY-. The molecule has 2 aromatic rings. The van der Waals surface area contributed by atoms with E-state index in [9.17, 15) is 0 Å². The molecule has 26 heavy (non-hydrogen) atoms. The average Bonchev–Trinajstić information content (AvgIpc) is 3.03. The van der Waals surface area contributed by atoms with Crippen molar-refractivity contribution < 1.29 is 42.0 Å². The zero-order chi connectivity index (χ0) is 17.4. The van der Waals surface area contributed by atoms with E-state index in [1.807, 2.05) is 30.3 Å². The molecule has 2 aromatic carbocycles. The van der Waals surface area contributed by atoms with E-state index in [0.29, 0.717) is 0 Å². The summed E-state index contributed by atoms with van der Waals surface area (Å²) in [5, 5.41) is 0. The number of hydrogen-bond donors (Lipinski definition) is 0. The van der Waals surface area contributed by atoms with Crippen LogP contribution >= 0.6 is 0 Å². The molecule has 4 heteroatoms. The Kier molecular flexibility index (Phi) is 5.59. The molecule has 1 radical (unpaired) electrons. The number of fused-ring (bicyclic) bond motifs is 1. The Balaban J connectivity index is 0.00000196. The van der Waals surface area contributed by atoms with Crippen LogP contribution in [0.25, 0.3) is 28.2 Å². The smallest absolute Gasteiger partial charge is 0.186 e. The predicted octanol–water partition coefficient (Wildman–Crippen LogP) is 3.99. The molecule has 4 rings (SSSR count). The topological polar surface area (TPSA) is 18.0 Å². The Hall–Kier alpha value is -1.97. The quantitative estimate of drug-likeness (QED) is 0.365. The van der Waals surface area contributed by atoms with Crippen molar-refractivity contribution in [3.63, 3.8) is 0 Å². The van der Waals surface area contributed by atoms with Crippen LogP contribution in [0.1, 0.15) is 5.56 Å². The molecule has 3 nitrogen and oxygen atoms in total. The Labute approximate surface area is 179 Å². The van der Waals surface area contributed by atoms with Gasteiger partial charge in [0.2, 0.25) is 0 Å². The molecule has 0 saturated heterocycles. The molecule has 0 fully saturated rings. The Bertz CT molecular complexity index is 1010. The fraction of sp³-hybridized carbons (Fsp3) is 0.136. The number of hydrogen-bond acceptors (Lipinski definition) is 1. The molecule has 0 aromatic heterocycles. The van der Waals surface area contributed by atoms with Gasteiger partial charge in [-0.05, 0) is 25.1 Å². The van der Waals surface area contributed by atoms with Gasteiger partial charge >= 0.3 is 0 Å². The van der Waals surface area contributed by atoms with Crippen molar-refractivity contribution in [3.8, 4) is 34.0 Å². The second kappa shape index (κ2) is 7.73. The molecule has 0 amide bonds. The van der Waals surface area contributed by atoms with E-state index in [-0.39, 0.29) is 32.7 Å². The Morgan fingerprint density at radius 3 is 2.62 bits per heavy atom. The van der Waals surface area contributed by atoms with Crippen LogP contribution in [0.4, 0.5) is 0 Å². The minimum absolute atomic E-state index is 0. The average molecular weight is 416 g/mol. The van der Waals surface area contributed by atoms with Crippen LogP contribution < -0.4 is 9.30 Å². The van der Waals surface area contributed by atoms with Crippen molar-refractivity contribution in [3.05, 3.63) is 78.6 Å². The van der Waals surface area contributed by atoms with Crippen molar-refractivity contribution in [2.75, 3.05) is 7.11 Å². The van der Waals surface area contributed by atoms with E-state index in [1.54, 1.807) is 7.11 Å². The van der Waals surface area contributed by atoms with Gasteiger partial charge in [0.25, 0.3) is 0 Å². The molecule has 0 atom stereocenters. The van der Waals surface area contributed by atoms with Crippen LogP contribution in [-0.4, -0.2) is 11.7 Å². The molecule has 2 aliphatic rings. The third-order valence-corrected chi connectivity index (χ3v) is 4.55. The van der Waals surface area contributed by atoms with Crippen molar-refractivity contribution in [2.45, 2.75) is 6.92 Å². The van der Waals surface area contributed by atoms with E-state index in [4.69, 9.17) is 4.74 Å². The molecule has 2 heterocycles. The molecule has 127 valence electrons. The number of nitrogens with zero attached hydrogens (tertiary/aromatic N) is 2. The fourth-order valence-corrected chi connectivity index (χ4v) is 3.30. The normalized spacial score (nSPS) is 10.6. The maximum atomic E-state index is 5.50. The number of benzene rings is 2. The summed E-state index contributed by atoms with van der Waals surface area (Å²) < 4.78 is 9.74. The summed E-state index contributed by atoms with van der Waals surface area (Å²) in [7, 11) is 3.76. The molecule has 0 N–H and O–H groups in total. The van der Waals surface area contributed by atoms with Crippen molar-refractivity contribution in [1.82, 2.24) is 4.57 Å². The molecule has 0 aliphatic carbocycles. The van der Waals surface area contributed by atoms with Gasteiger partial charge in [0.05, 0.1) is 26.0 Å². The molecule has 0 bridgehead atoms. The zero-order valence-electron chi connectivity index (χ0n) is 15.2. The predicted molar refractivity (Wildman–Crippen MR) is 98.0 cm³/mol. The summed E-state index contributed by atoms with van der Waals surface area (Å²) in [6.07, 6.45) is 5.62. The minimum atomic E-state index is 0. The maximum Gasteiger partial charge on any atom is 0.186 e. The van der Waals surface area contributed by atoms with Crippen LogP contribution in [0.3, 0.4) is 0 Å². The SMILES string of the molecule is COc1cccc(-[n+]2[c-]c(-c3[c-]cccc3)c3cccn(C)c2-3)c1C.[Y]. The van der Waals surface area contributed by atoms with Crippen LogP contribution in [0, 0.1) is 19.2 Å². The van der Waals surface area contributed by atoms with Crippen LogP contribution in [0.15, 0.2) is 60.8 Å². The number of ether oxygens (including phenoxy) is 1. The van der Waals surface area contributed by atoms with E-state index in [2.05, 4.69) is 65.8 Å². The summed E-state index contributed by atoms with van der Waals surface area (Å²) in [6.45, 7) is 2.07. The first-order valence-electron chi connectivity index (χ1n) is 8.24. The van der Waals surface area contributed by atoms with Crippen LogP contribution in [0.5, 0.6) is 5.75 Å². The van der Waals surface area contributed by atoms with Gasteiger partial charge in [0, 0.05) is 44.5 Å². The Morgan fingerprint density at radius 1 is 1.04 bits per heavy atom. The van der Waals surface area contributed by atoms with E-state index >= 15 is 0 Å². The van der Waals surface area contributed by atoms with Gasteiger partial charge < -0.3 is 9.30 Å². The van der Waals surface area contributed by atoms with Gasteiger partial charge in [-0.2, -0.15) is 24.3 Å². The fourth-order valence-electron chi connectivity index (χ4n) is 3.30. The number of rotatable bonds is 3. The van der Waals surface area contributed by atoms with E-state index < -0.39 is 0 Å². The van der Waals surface area contributed by atoms with Gasteiger partial charge in [-0.15, -0.1) is 11.6 Å². The number of aromatic nitrogens is 2. The molecule has 0 spiro atoms. The number of methoxy groups -OCH3 is 1.